The third-order valence-corrected chi connectivity index (χ3v) is 10.4. The van der Waals surface area contributed by atoms with Crippen molar-refractivity contribution in [2.24, 2.45) is 5.73 Å². The molecule has 0 aliphatic carbocycles. The van der Waals surface area contributed by atoms with E-state index in [4.69, 9.17) is 15.2 Å². The molecule has 3 amide bonds. The van der Waals surface area contributed by atoms with Crippen LogP contribution in [0.1, 0.15) is 48.4 Å². The van der Waals surface area contributed by atoms with Crippen molar-refractivity contribution >= 4 is 91.2 Å². The summed E-state index contributed by atoms with van der Waals surface area (Å²) in [6.45, 7) is 0.462. The van der Waals surface area contributed by atoms with Gasteiger partial charge in [0, 0.05) is 30.6 Å². The first-order valence-electron chi connectivity index (χ1n) is 15.0. The van der Waals surface area contributed by atoms with Crippen LogP contribution in [0, 0.1) is 10.7 Å². The number of aliphatic hydroxyl groups is 10. The highest BCUT2D eigenvalue weighted by Crippen LogP contribution is 2.38. The van der Waals surface area contributed by atoms with Gasteiger partial charge in [0.05, 0.1) is 56.8 Å². The Bertz CT molecular complexity index is 1240. The van der Waals surface area contributed by atoms with Crippen LogP contribution in [0.5, 0.6) is 0 Å². The topological polar surface area (TPSA) is 317 Å². The van der Waals surface area contributed by atoms with Gasteiger partial charge in [0.15, 0.2) is 0 Å². The van der Waals surface area contributed by atoms with Gasteiger partial charge in [-0.05, 0) is 81.6 Å². The summed E-state index contributed by atoms with van der Waals surface area (Å²) in [7, 11) is 0. The van der Waals surface area contributed by atoms with Crippen LogP contribution in [0.4, 0.5) is 5.69 Å². The fourth-order valence-corrected chi connectivity index (χ4v) is 8.87. The normalized spacial score (nSPS) is 17.8. The van der Waals surface area contributed by atoms with Gasteiger partial charge in [-0.25, -0.2) is 0 Å². The third-order valence-electron chi connectivity index (χ3n) is 7.21. The molecule has 0 saturated carbocycles. The molecule has 0 radical (unpaired) electrons. The van der Waals surface area contributed by atoms with E-state index in [1.165, 1.54) is 13.8 Å². The first-order valence-corrected chi connectivity index (χ1v) is 18.2. The summed E-state index contributed by atoms with van der Waals surface area (Å²) in [5.74, 6) is -8.05. The minimum absolute atomic E-state index is 0.00729. The number of carbonyl (C=O) groups excluding carboxylic acids is 3. The standard InChI is InChI=1S/C28H45I3N4O15/c1-5-49-27(3,47)34(8-12(38)23(43)14(40)10-36)25(45)17-19(29)18(21(31)22(20(17)30)33-16(42)7-32)26(46)35(28(4,48)50-6-2)9-13(39)24(44)15(41)11-37/h12-15,23-24,36-41,43-44,47-48H,5-11,32H2,1-4H3,(H,33,42). The van der Waals surface area contributed by atoms with Crippen LogP contribution in [0.15, 0.2) is 0 Å². The van der Waals surface area contributed by atoms with Crippen LogP contribution < -0.4 is 11.1 Å². The van der Waals surface area contributed by atoms with E-state index in [9.17, 15) is 65.4 Å². The molecule has 0 aliphatic heterocycles. The first kappa shape index (κ1) is 47.3. The average Bonchev–Trinajstić information content (AvgIpc) is 3.05. The lowest BCUT2D eigenvalue weighted by Crippen LogP contribution is -2.58. The summed E-state index contributed by atoms with van der Waals surface area (Å²) in [6.07, 6.45) is -11.6. The number of ether oxygens (including phenoxy) is 2. The summed E-state index contributed by atoms with van der Waals surface area (Å²) in [4.78, 5) is 42.6. The van der Waals surface area contributed by atoms with Crippen LogP contribution in [-0.4, -0.2) is 173 Å². The molecule has 0 fully saturated rings. The van der Waals surface area contributed by atoms with Gasteiger partial charge < -0.3 is 71.6 Å². The zero-order valence-corrected chi connectivity index (χ0v) is 34.0. The SMILES string of the molecule is CCOC(C)(O)N(CC(O)C(O)C(O)CO)C(=O)c1c(I)c(NC(=O)CN)c(I)c(C(=O)N(CC(O)C(O)C(O)CO)C(C)(O)OCC)c1I. The van der Waals surface area contributed by atoms with Crippen molar-refractivity contribution in [1.29, 1.82) is 0 Å². The maximum absolute atomic E-state index is 14.5. The molecule has 1 aromatic rings. The minimum atomic E-state index is -2.50. The van der Waals surface area contributed by atoms with Gasteiger partial charge in [-0.15, -0.1) is 0 Å². The van der Waals surface area contributed by atoms with Crippen molar-refractivity contribution < 1.29 is 74.9 Å². The van der Waals surface area contributed by atoms with Gasteiger partial charge in [0.25, 0.3) is 11.8 Å². The lowest BCUT2D eigenvalue weighted by atomic mass is 10.0. The van der Waals surface area contributed by atoms with Gasteiger partial charge in [0.1, 0.15) is 36.6 Å². The molecule has 22 heteroatoms. The number of hydrogen-bond acceptors (Lipinski definition) is 16. The Hall–Kier alpha value is -0.700. The Morgan fingerprint density at radius 2 is 1.06 bits per heavy atom. The number of carbonyl (C=O) groups is 3. The van der Waals surface area contributed by atoms with Gasteiger partial charge in [0.2, 0.25) is 17.7 Å². The number of hydrogen-bond donors (Lipinski definition) is 12. The number of rotatable bonds is 20. The van der Waals surface area contributed by atoms with Crippen LogP contribution >= 0.6 is 67.8 Å². The molecule has 0 aromatic heterocycles. The number of benzene rings is 1. The van der Waals surface area contributed by atoms with E-state index in [-0.39, 0.29) is 40.7 Å². The second kappa shape index (κ2) is 20.7. The molecule has 0 spiro atoms. The van der Waals surface area contributed by atoms with Crippen LogP contribution in [0.3, 0.4) is 0 Å². The van der Waals surface area contributed by atoms with Crippen molar-refractivity contribution in [3.05, 3.63) is 21.8 Å². The molecule has 13 N–H and O–H groups in total. The number of nitrogens with zero attached hydrogens (tertiary/aromatic N) is 2. The number of halogens is 3. The van der Waals surface area contributed by atoms with Gasteiger partial charge in [-0.3, -0.25) is 24.2 Å². The first-order chi connectivity index (χ1) is 23.1. The lowest BCUT2D eigenvalue weighted by Gasteiger charge is -2.40. The fourth-order valence-electron chi connectivity index (χ4n) is 4.51. The molecule has 1 aromatic carbocycles. The van der Waals surface area contributed by atoms with Gasteiger partial charge >= 0.3 is 0 Å². The zero-order chi connectivity index (χ0) is 38.9. The lowest BCUT2D eigenvalue weighted by molar-refractivity contribution is -0.268. The Balaban J connectivity index is 4.18. The maximum Gasteiger partial charge on any atom is 0.260 e. The molecule has 8 atom stereocenters. The molecule has 1 rings (SSSR count). The highest BCUT2D eigenvalue weighted by atomic mass is 127. The van der Waals surface area contributed by atoms with Crippen LogP contribution in [0.2, 0.25) is 0 Å². The smallest absolute Gasteiger partial charge is 0.260 e. The van der Waals surface area contributed by atoms with Crippen molar-refractivity contribution in [2.45, 2.75) is 76.1 Å². The van der Waals surface area contributed by atoms with Gasteiger partial charge in [-0.2, -0.15) is 0 Å². The van der Waals surface area contributed by atoms with Crippen molar-refractivity contribution in [3.8, 4) is 0 Å². The molecule has 288 valence electrons. The van der Waals surface area contributed by atoms with Crippen LogP contribution in [0.25, 0.3) is 0 Å². The predicted molar refractivity (Wildman–Crippen MR) is 199 cm³/mol. The minimum Gasteiger partial charge on any atom is -0.394 e. The van der Waals surface area contributed by atoms with Crippen LogP contribution in [-0.2, 0) is 14.3 Å². The van der Waals surface area contributed by atoms with E-state index >= 15 is 0 Å². The predicted octanol–water partition coefficient (Wildman–Crippen LogP) is -3.16. The molecule has 0 aliphatic rings. The summed E-state index contributed by atoms with van der Waals surface area (Å²) < 4.78 is 10.5. The van der Waals surface area contributed by atoms with E-state index in [1.54, 1.807) is 67.8 Å². The Morgan fingerprint density at radius 3 is 1.34 bits per heavy atom. The molecule has 0 saturated heterocycles. The highest BCUT2D eigenvalue weighted by molar-refractivity contribution is 14.1. The van der Waals surface area contributed by atoms with E-state index < -0.39 is 99.0 Å². The summed E-state index contributed by atoms with van der Waals surface area (Å²) in [5, 5.41) is 105. The van der Waals surface area contributed by atoms with Crippen molar-refractivity contribution in [3.63, 3.8) is 0 Å². The highest BCUT2D eigenvalue weighted by Gasteiger charge is 2.44. The Morgan fingerprint density at radius 1 is 0.720 bits per heavy atom. The van der Waals surface area contributed by atoms with E-state index in [2.05, 4.69) is 5.32 Å². The number of amides is 3. The number of nitrogens with one attached hydrogen (secondary N) is 1. The van der Waals surface area contributed by atoms with Crippen molar-refractivity contribution in [1.82, 2.24) is 9.80 Å². The summed E-state index contributed by atoms with van der Waals surface area (Å²) in [5.41, 5.74) is 4.63. The molecule has 50 heavy (non-hydrogen) atoms. The fraction of sp³-hybridized carbons (Fsp3) is 0.679. The van der Waals surface area contributed by atoms with E-state index in [1.807, 2.05) is 0 Å². The summed E-state index contributed by atoms with van der Waals surface area (Å²) >= 11 is 4.99. The summed E-state index contributed by atoms with van der Waals surface area (Å²) in [6, 6.07) is 0. The Labute approximate surface area is 328 Å². The Kier molecular flexibility index (Phi) is 19.6. The third kappa shape index (κ3) is 11.6. The number of nitrogens with two attached hydrogens (primary N) is 1. The second-order valence-corrected chi connectivity index (χ2v) is 14.2. The van der Waals surface area contributed by atoms with Crippen molar-refractivity contribution in [2.75, 3.05) is 51.4 Å². The molecular weight excluding hydrogens is 1010 g/mol. The van der Waals surface area contributed by atoms with E-state index in [0.717, 1.165) is 13.8 Å². The molecule has 8 unspecified atom stereocenters. The second-order valence-electron chi connectivity index (χ2n) is 11.0. The monoisotopic (exact) mass is 1060 g/mol. The zero-order valence-electron chi connectivity index (χ0n) is 27.5. The average molecular weight is 1060 g/mol. The van der Waals surface area contributed by atoms with Gasteiger partial charge in [-0.1, -0.05) is 0 Å². The molecule has 19 nitrogen and oxygen atoms in total. The quantitative estimate of drug-likeness (QED) is 0.0453. The molecular formula is C28H45I3N4O15. The largest absolute Gasteiger partial charge is 0.394 e. The van der Waals surface area contributed by atoms with E-state index in [0.29, 0.717) is 9.80 Å². The molecule has 0 heterocycles. The maximum atomic E-state index is 14.5. The number of aliphatic hydroxyl groups excluding tert-OH is 8. The number of anilines is 1. The molecule has 0 bridgehead atoms.